The van der Waals surface area contributed by atoms with Crippen LogP contribution in [0, 0.1) is 0 Å². The van der Waals surface area contributed by atoms with Gasteiger partial charge in [-0.3, -0.25) is 4.79 Å². The summed E-state index contributed by atoms with van der Waals surface area (Å²) in [4.78, 5) is 16.7. The molecular formula is C12H12N2O2. The van der Waals surface area contributed by atoms with E-state index in [1.807, 2.05) is 30.5 Å². The number of morpholine rings is 1. The fraction of sp³-hybridized carbons (Fsp3) is 0.250. The quantitative estimate of drug-likeness (QED) is 0.785. The molecule has 0 atom stereocenters. The van der Waals surface area contributed by atoms with Gasteiger partial charge in [0.15, 0.2) is 0 Å². The third kappa shape index (κ3) is 1.39. The van der Waals surface area contributed by atoms with Gasteiger partial charge in [-0.25, -0.2) is 0 Å². The van der Waals surface area contributed by atoms with Crippen LogP contribution in [0.1, 0.15) is 0 Å². The number of para-hydroxylation sites is 1. The zero-order valence-electron chi connectivity index (χ0n) is 8.77. The summed E-state index contributed by atoms with van der Waals surface area (Å²) < 4.78 is 5.13. The maximum atomic E-state index is 11.7. The SMILES string of the molecule is O=C1COCCN1c1cccc2cc[nH]c12. The number of benzene rings is 1. The molecule has 1 amide bonds. The van der Waals surface area contributed by atoms with E-state index in [0.717, 1.165) is 16.6 Å². The highest BCUT2D eigenvalue weighted by Gasteiger charge is 2.21. The molecule has 1 fully saturated rings. The Kier molecular flexibility index (Phi) is 2.15. The number of aromatic nitrogens is 1. The minimum Gasteiger partial charge on any atom is -0.370 e. The first-order valence-corrected chi connectivity index (χ1v) is 5.30. The number of nitrogens with one attached hydrogen (secondary N) is 1. The van der Waals surface area contributed by atoms with Crippen LogP contribution in [0.15, 0.2) is 30.5 Å². The Morgan fingerprint density at radius 3 is 3.12 bits per heavy atom. The lowest BCUT2D eigenvalue weighted by Gasteiger charge is -2.27. The number of ether oxygens (including phenoxy) is 1. The van der Waals surface area contributed by atoms with Gasteiger partial charge in [-0.05, 0) is 12.1 Å². The molecule has 0 aliphatic carbocycles. The normalized spacial score (nSPS) is 17.0. The molecule has 16 heavy (non-hydrogen) atoms. The Morgan fingerprint density at radius 2 is 2.25 bits per heavy atom. The Morgan fingerprint density at radius 1 is 1.31 bits per heavy atom. The van der Waals surface area contributed by atoms with Crippen molar-refractivity contribution in [3.63, 3.8) is 0 Å². The van der Waals surface area contributed by atoms with Crippen LogP contribution in [0.2, 0.25) is 0 Å². The van der Waals surface area contributed by atoms with Crippen LogP contribution in [0.5, 0.6) is 0 Å². The first-order chi connectivity index (χ1) is 7.86. The van der Waals surface area contributed by atoms with Crippen LogP contribution in [-0.2, 0) is 9.53 Å². The second kappa shape index (κ2) is 3.64. The molecule has 4 nitrogen and oxygen atoms in total. The number of rotatable bonds is 1. The molecule has 0 saturated carbocycles. The maximum absolute atomic E-state index is 11.7. The lowest BCUT2D eigenvalue weighted by atomic mass is 10.2. The Balaban J connectivity index is 2.10. The van der Waals surface area contributed by atoms with Crippen LogP contribution in [0.4, 0.5) is 5.69 Å². The van der Waals surface area contributed by atoms with E-state index in [1.165, 1.54) is 0 Å². The first kappa shape index (κ1) is 9.42. The predicted octanol–water partition coefficient (Wildman–Crippen LogP) is 1.53. The molecule has 1 aliphatic rings. The molecule has 0 radical (unpaired) electrons. The van der Waals surface area contributed by atoms with Crippen LogP contribution in [-0.4, -0.2) is 30.6 Å². The molecule has 1 aliphatic heterocycles. The van der Waals surface area contributed by atoms with Crippen molar-refractivity contribution in [2.75, 3.05) is 24.7 Å². The summed E-state index contributed by atoms with van der Waals surface area (Å²) in [5, 5.41) is 1.12. The lowest BCUT2D eigenvalue weighted by molar-refractivity contribution is -0.125. The zero-order chi connectivity index (χ0) is 11.0. The Hall–Kier alpha value is -1.81. The Labute approximate surface area is 92.8 Å². The summed E-state index contributed by atoms with van der Waals surface area (Å²) >= 11 is 0. The standard InChI is InChI=1S/C12H12N2O2/c15-11-8-16-7-6-14(11)10-3-1-2-9-4-5-13-12(9)10/h1-5,13H,6-8H2. The van der Waals surface area contributed by atoms with E-state index >= 15 is 0 Å². The van der Waals surface area contributed by atoms with Gasteiger partial charge < -0.3 is 14.6 Å². The van der Waals surface area contributed by atoms with Crippen molar-refractivity contribution in [3.8, 4) is 0 Å². The average molecular weight is 216 g/mol. The van der Waals surface area contributed by atoms with Crippen LogP contribution >= 0.6 is 0 Å². The van der Waals surface area contributed by atoms with Gasteiger partial charge in [0.05, 0.1) is 17.8 Å². The van der Waals surface area contributed by atoms with Crippen LogP contribution in [0.3, 0.4) is 0 Å². The van der Waals surface area contributed by atoms with E-state index in [2.05, 4.69) is 4.98 Å². The summed E-state index contributed by atoms with van der Waals surface area (Å²) in [5.41, 5.74) is 1.95. The van der Waals surface area contributed by atoms with E-state index in [9.17, 15) is 4.79 Å². The van der Waals surface area contributed by atoms with Crippen molar-refractivity contribution in [1.82, 2.24) is 4.98 Å². The number of fused-ring (bicyclic) bond motifs is 1. The number of hydrogen-bond acceptors (Lipinski definition) is 2. The van der Waals surface area contributed by atoms with E-state index in [-0.39, 0.29) is 12.5 Å². The van der Waals surface area contributed by atoms with Crippen LogP contribution < -0.4 is 4.90 Å². The van der Waals surface area contributed by atoms with Gasteiger partial charge in [-0.2, -0.15) is 0 Å². The second-order valence-corrected chi connectivity index (χ2v) is 3.82. The predicted molar refractivity (Wildman–Crippen MR) is 61.5 cm³/mol. The van der Waals surface area contributed by atoms with Gasteiger partial charge in [0, 0.05) is 18.1 Å². The summed E-state index contributed by atoms with van der Waals surface area (Å²) in [7, 11) is 0. The Bertz CT molecular complexity index is 533. The summed E-state index contributed by atoms with van der Waals surface area (Å²) in [6, 6.07) is 7.96. The van der Waals surface area contributed by atoms with Crippen molar-refractivity contribution in [2.24, 2.45) is 0 Å². The number of hydrogen-bond donors (Lipinski definition) is 1. The summed E-state index contributed by atoms with van der Waals surface area (Å²) in [6.07, 6.45) is 1.89. The molecule has 1 aromatic heterocycles. The topological polar surface area (TPSA) is 45.3 Å². The van der Waals surface area contributed by atoms with Crippen molar-refractivity contribution < 1.29 is 9.53 Å². The molecular weight excluding hydrogens is 204 g/mol. The maximum Gasteiger partial charge on any atom is 0.253 e. The highest BCUT2D eigenvalue weighted by Crippen LogP contribution is 2.26. The van der Waals surface area contributed by atoms with Crippen molar-refractivity contribution in [1.29, 1.82) is 0 Å². The highest BCUT2D eigenvalue weighted by molar-refractivity contribution is 6.03. The fourth-order valence-corrected chi connectivity index (χ4v) is 2.07. The number of nitrogens with zero attached hydrogens (tertiary/aromatic N) is 1. The molecule has 82 valence electrons. The largest absolute Gasteiger partial charge is 0.370 e. The number of H-pyrrole nitrogens is 1. The summed E-state index contributed by atoms with van der Waals surface area (Å²) in [5.74, 6) is 0.0216. The highest BCUT2D eigenvalue weighted by atomic mass is 16.5. The first-order valence-electron chi connectivity index (χ1n) is 5.30. The molecule has 0 unspecified atom stereocenters. The van der Waals surface area contributed by atoms with Gasteiger partial charge in [-0.1, -0.05) is 12.1 Å². The molecule has 0 spiro atoms. The molecule has 1 N–H and O–H groups in total. The van der Waals surface area contributed by atoms with Crippen molar-refractivity contribution in [3.05, 3.63) is 30.5 Å². The molecule has 1 saturated heterocycles. The number of anilines is 1. The molecule has 2 aromatic rings. The summed E-state index contributed by atoms with van der Waals surface area (Å²) in [6.45, 7) is 1.40. The van der Waals surface area contributed by atoms with Gasteiger partial charge in [0.25, 0.3) is 5.91 Å². The molecule has 4 heteroatoms. The number of amides is 1. The van der Waals surface area contributed by atoms with Gasteiger partial charge in [0.2, 0.25) is 0 Å². The average Bonchev–Trinajstić information content (AvgIpc) is 2.77. The molecule has 3 rings (SSSR count). The smallest absolute Gasteiger partial charge is 0.253 e. The van der Waals surface area contributed by atoms with Crippen molar-refractivity contribution >= 4 is 22.5 Å². The van der Waals surface area contributed by atoms with E-state index in [4.69, 9.17) is 4.74 Å². The van der Waals surface area contributed by atoms with Crippen LogP contribution in [0.25, 0.3) is 10.9 Å². The number of carbonyl (C=O) groups is 1. The molecule has 1 aromatic carbocycles. The van der Waals surface area contributed by atoms with Gasteiger partial charge >= 0.3 is 0 Å². The third-order valence-electron chi connectivity index (χ3n) is 2.84. The molecule has 2 heterocycles. The second-order valence-electron chi connectivity index (χ2n) is 3.82. The minimum atomic E-state index is 0.0216. The van der Waals surface area contributed by atoms with E-state index in [0.29, 0.717) is 13.2 Å². The zero-order valence-corrected chi connectivity index (χ0v) is 8.77. The fourth-order valence-electron chi connectivity index (χ4n) is 2.07. The monoisotopic (exact) mass is 216 g/mol. The third-order valence-corrected chi connectivity index (χ3v) is 2.84. The molecule has 0 bridgehead atoms. The number of carbonyl (C=O) groups excluding carboxylic acids is 1. The van der Waals surface area contributed by atoms with E-state index < -0.39 is 0 Å². The van der Waals surface area contributed by atoms with E-state index in [1.54, 1.807) is 4.90 Å². The minimum absolute atomic E-state index is 0.0216. The van der Waals surface area contributed by atoms with Gasteiger partial charge in [-0.15, -0.1) is 0 Å². The van der Waals surface area contributed by atoms with Crippen molar-refractivity contribution in [2.45, 2.75) is 0 Å². The lowest BCUT2D eigenvalue weighted by Crippen LogP contribution is -2.41. The number of aromatic amines is 1. The van der Waals surface area contributed by atoms with Gasteiger partial charge in [0.1, 0.15) is 6.61 Å².